The first-order valence-electron chi connectivity index (χ1n) is 8.19. The van der Waals surface area contributed by atoms with Gasteiger partial charge < -0.3 is 9.72 Å². The Morgan fingerprint density at radius 1 is 1.25 bits per heavy atom. The minimum absolute atomic E-state index is 0.00528. The van der Waals surface area contributed by atoms with Gasteiger partial charge in [0, 0.05) is 41.6 Å². The predicted octanol–water partition coefficient (Wildman–Crippen LogP) is 2.36. The van der Waals surface area contributed by atoms with Crippen LogP contribution in [0.15, 0.2) is 33.8 Å². The van der Waals surface area contributed by atoms with E-state index in [1.54, 1.807) is 10.9 Å². The molecule has 0 aliphatic carbocycles. The molecule has 3 heterocycles. The number of nitrogens with zero attached hydrogens (tertiary/aromatic N) is 3. The summed E-state index contributed by atoms with van der Waals surface area (Å²) in [6.45, 7) is 5.22. The number of morpholine rings is 1. The Bertz CT molecular complexity index is 927. The molecule has 0 bridgehead atoms. The van der Waals surface area contributed by atoms with Gasteiger partial charge in [0.05, 0.1) is 19.5 Å². The van der Waals surface area contributed by atoms with Crippen LogP contribution in [0.25, 0.3) is 21.9 Å². The van der Waals surface area contributed by atoms with E-state index in [1.807, 2.05) is 18.2 Å². The first-order valence-corrected chi connectivity index (χ1v) is 8.98. The van der Waals surface area contributed by atoms with Crippen molar-refractivity contribution in [1.82, 2.24) is 19.4 Å². The van der Waals surface area contributed by atoms with Crippen LogP contribution in [0.4, 0.5) is 0 Å². The van der Waals surface area contributed by atoms with Gasteiger partial charge in [-0.1, -0.05) is 15.9 Å². The molecule has 6 nitrogen and oxygen atoms in total. The lowest BCUT2D eigenvalue weighted by atomic mass is 10.2. The number of hydrogen-bond acceptors (Lipinski definition) is 4. The monoisotopic (exact) mass is 390 g/mol. The second-order valence-electron chi connectivity index (χ2n) is 6.09. The summed E-state index contributed by atoms with van der Waals surface area (Å²) in [5.41, 5.74) is 2.25. The molecule has 0 unspecified atom stereocenters. The fourth-order valence-electron chi connectivity index (χ4n) is 3.21. The van der Waals surface area contributed by atoms with Crippen LogP contribution in [0, 0.1) is 0 Å². The third-order valence-electron chi connectivity index (χ3n) is 4.51. The number of halogens is 1. The molecule has 3 aromatic rings. The number of hydrogen-bond donors (Lipinski definition) is 1. The van der Waals surface area contributed by atoms with Crippen molar-refractivity contribution in [2.75, 3.05) is 32.8 Å². The van der Waals surface area contributed by atoms with Gasteiger partial charge in [0.25, 0.3) is 5.56 Å². The van der Waals surface area contributed by atoms with Crippen LogP contribution in [0.3, 0.4) is 0 Å². The molecule has 1 N–H and O–H groups in total. The van der Waals surface area contributed by atoms with Crippen molar-refractivity contribution in [3.05, 3.63) is 39.4 Å². The summed E-state index contributed by atoms with van der Waals surface area (Å²) in [5.74, 6) is 0. The third kappa shape index (κ3) is 2.99. The van der Waals surface area contributed by atoms with E-state index >= 15 is 0 Å². The largest absolute Gasteiger partial charge is 0.379 e. The number of rotatable bonds is 4. The lowest BCUT2D eigenvalue weighted by Crippen LogP contribution is -2.37. The maximum absolute atomic E-state index is 12.7. The molecule has 2 aromatic heterocycles. The lowest BCUT2D eigenvalue weighted by molar-refractivity contribution is 0.0369. The highest BCUT2D eigenvalue weighted by molar-refractivity contribution is 9.10. The van der Waals surface area contributed by atoms with E-state index in [0.29, 0.717) is 12.1 Å². The van der Waals surface area contributed by atoms with Crippen molar-refractivity contribution in [2.45, 2.75) is 13.0 Å². The molecule has 1 saturated heterocycles. The van der Waals surface area contributed by atoms with Crippen molar-refractivity contribution in [3.8, 4) is 0 Å². The van der Waals surface area contributed by atoms with Gasteiger partial charge >= 0.3 is 0 Å². The summed E-state index contributed by atoms with van der Waals surface area (Å²) in [5, 5.41) is 0.969. The topological polar surface area (TPSA) is 63.2 Å². The third-order valence-corrected chi connectivity index (χ3v) is 5.00. The molecule has 7 heteroatoms. The summed E-state index contributed by atoms with van der Waals surface area (Å²) >= 11 is 3.47. The number of benzene rings is 1. The zero-order valence-electron chi connectivity index (χ0n) is 13.3. The molecule has 0 amide bonds. The zero-order valence-corrected chi connectivity index (χ0v) is 14.9. The summed E-state index contributed by atoms with van der Waals surface area (Å²) in [7, 11) is 0. The second-order valence-corrected chi connectivity index (χ2v) is 7.00. The molecule has 0 saturated carbocycles. The van der Waals surface area contributed by atoms with Gasteiger partial charge in [-0.25, -0.2) is 4.98 Å². The van der Waals surface area contributed by atoms with Gasteiger partial charge in [0.1, 0.15) is 11.0 Å². The average molecular weight is 391 g/mol. The Labute approximate surface area is 147 Å². The van der Waals surface area contributed by atoms with Crippen molar-refractivity contribution < 1.29 is 4.74 Å². The summed E-state index contributed by atoms with van der Waals surface area (Å²) in [4.78, 5) is 22.8. The molecule has 1 aromatic carbocycles. The van der Waals surface area contributed by atoms with Gasteiger partial charge in [-0.3, -0.25) is 14.3 Å². The highest BCUT2D eigenvalue weighted by Gasteiger charge is 2.12. The van der Waals surface area contributed by atoms with Crippen molar-refractivity contribution in [3.63, 3.8) is 0 Å². The zero-order chi connectivity index (χ0) is 16.5. The van der Waals surface area contributed by atoms with Crippen molar-refractivity contribution in [1.29, 1.82) is 0 Å². The van der Waals surface area contributed by atoms with E-state index in [4.69, 9.17) is 4.74 Å². The Hall–Kier alpha value is -1.70. The van der Waals surface area contributed by atoms with E-state index in [2.05, 4.69) is 30.8 Å². The molecule has 1 aliphatic rings. The first kappa shape index (κ1) is 15.8. The average Bonchev–Trinajstić information content (AvgIpc) is 2.97. The molecule has 1 aliphatic heterocycles. The fourth-order valence-corrected chi connectivity index (χ4v) is 3.57. The number of aromatic nitrogens is 3. The molecule has 0 atom stereocenters. The van der Waals surface area contributed by atoms with Crippen molar-refractivity contribution >= 4 is 37.9 Å². The number of aromatic amines is 1. The Morgan fingerprint density at radius 3 is 2.92 bits per heavy atom. The maximum atomic E-state index is 12.7. The molecule has 1 fully saturated rings. The van der Waals surface area contributed by atoms with E-state index in [9.17, 15) is 4.79 Å². The number of H-pyrrole nitrogens is 1. The van der Waals surface area contributed by atoms with E-state index in [0.717, 1.165) is 60.2 Å². The fraction of sp³-hybridized carbons (Fsp3) is 0.412. The Morgan fingerprint density at radius 2 is 2.08 bits per heavy atom. The molecule has 0 radical (unpaired) electrons. The van der Waals surface area contributed by atoms with Crippen molar-refractivity contribution in [2.24, 2.45) is 0 Å². The predicted molar refractivity (Wildman–Crippen MR) is 97.4 cm³/mol. The van der Waals surface area contributed by atoms with Crippen LogP contribution < -0.4 is 5.56 Å². The molecule has 24 heavy (non-hydrogen) atoms. The molecule has 4 rings (SSSR count). The number of ether oxygens (including phenoxy) is 1. The highest BCUT2D eigenvalue weighted by Crippen LogP contribution is 2.24. The number of aryl methyl sites for hydroxylation is 1. The highest BCUT2D eigenvalue weighted by atomic mass is 79.9. The van der Waals surface area contributed by atoms with Gasteiger partial charge in [-0.2, -0.15) is 0 Å². The molecule has 0 spiro atoms. The van der Waals surface area contributed by atoms with Gasteiger partial charge in [0.15, 0.2) is 0 Å². The lowest BCUT2D eigenvalue weighted by Gasteiger charge is -2.26. The van der Waals surface area contributed by atoms with E-state index in [1.165, 1.54) is 0 Å². The molecular formula is C17H19BrN4O2. The van der Waals surface area contributed by atoms with Crippen LogP contribution >= 0.6 is 15.9 Å². The van der Waals surface area contributed by atoms with Crippen LogP contribution in [-0.2, 0) is 11.3 Å². The summed E-state index contributed by atoms with van der Waals surface area (Å²) in [6, 6.07) is 5.91. The van der Waals surface area contributed by atoms with Crippen LogP contribution in [-0.4, -0.2) is 52.3 Å². The maximum Gasteiger partial charge on any atom is 0.277 e. The first-order chi connectivity index (χ1) is 11.7. The normalized spacial score (nSPS) is 16.2. The van der Waals surface area contributed by atoms with Gasteiger partial charge in [0.2, 0.25) is 0 Å². The summed E-state index contributed by atoms with van der Waals surface area (Å²) in [6.07, 6.45) is 2.59. The standard InChI is InChI=1S/C17H19BrN4O2/c18-12-2-3-14-13(10-12)15-16(20-14)17(23)22(11-19-15)5-1-4-21-6-8-24-9-7-21/h2-3,10-11,20H,1,4-9H2. The minimum atomic E-state index is -0.00528. The Balaban J connectivity index is 1.56. The quantitative estimate of drug-likeness (QED) is 0.742. The van der Waals surface area contributed by atoms with Crippen LogP contribution in [0.1, 0.15) is 6.42 Å². The molecule has 126 valence electrons. The van der Waals surface area contributed by atoms with Crippen LogP contribution in [0.5, 0.6) is 0 Å². The van der Waals surface area contributed by atoms with Gasteiger partial charge in [-0.05, 0) is 24.6 Å². The van der Waals surface area contributed by atoms with Crippen LogP contribution in [0.2, 0.25) is 0 Å². The number of nitrogens with one attached hydrogen (secondary N) is 1. The number of fused-ring (bicyclic) bond motifs is 3. The minimum Gasteiger partial charge on any atom is -0.379 e. The summed E-state index contributed by atoms with van der Waals surface area (Å²) < 4.78 is 8.04. The Kier molecular flexibility index (Phi) is 4.39. The SMILES string of the molecule is O=c1c2[nH]c3ccc(Br)cc3c2ncn1CCCN1CCOCC1. The smallest absolute Gasteiger partial charge is 0.277 e. The second kappa shape index (κ2) is 6.66. The van der Waals surface area contributed by atoms with E-state index < -0.39 is 0 Å². The van der Waals surface area contributed by atoms with E-state index in [-0.39, 0.29) is 5.56 Å². The molecular weight excluding hydrogens is 372 g/mol. The van der Waals surface area contributed by atoms with Gasteiger partial charge in [-0.15, -0.1) is 0 Å².